The van der Waals surface area contributed by atoms with Crippen molar-refractivity contribution < 1.29 is 9.47 Å². The number of thiocarbonyl (C=S) groups is 1. The summed E-state index contributed by atoms with van der Waals surface area (Å²) < 4.78 is 11.1. The number of hydrogen-bond acceptors (Lipinski definition) is 4. The Balaban J connectivity index is 1.91. The van der Waals surface area contributed by atoms with Crippen molar-refractivity contribution in [1.29, 1.82) is 5.26 Å². The molecule has 2 rings (SSSR count). The van der Waals surface area contributed by atoms with E-state index in [4.69, 9.17) is 27.0 Å². The van der Waals surface area contributed by atoms with Crippen LogP contribution in [0.5, 0.6) is 11.5 Å². The second-order valence-electron chi connectivity index (χ2n) is 5.99. The Morgan fingerprint density at radius 3 is 2.42 bits per heavy atom. The van der Waals surface area contributed by atoms with Gasteiger partial charge in [-0.1, -0.05) is 18.2 Å². The lowest BCUT2D eigenvalue weighted by Gasteiger charge is -2.15. The minimum absolute atomic E-state index is 0.0872. The van der Waals surface area contributed by atoms with E-state index >= 15 is 0 Å². The second kappa shape index (κ2) is 9.64. The number of rotatable bonds is 7. The Bertz CT molecular complexity index is 783. The van der Waals surface area contributed by atoms with Gasteiger partial charge in [0.25, 0.3) is 0 Å². The number of nitrogens with zero attached hydrogens (tertiary/aromatic N) is 1. The fourth-order valence-corrected chi connectivity index (χ4v) is 2.52. The average molecular weight is 369 g/mol. The highest BCUT2D eigenvalue weighted by molar-refractivity contribution is 7.80. The molecule has 0 saturated heterocycles. The third kappa shape index (κ3) is 5.94. The summed E-state index contributed by atoms with van der Waals surface area (Å²) in [5.74, 6) is 1.43. The van der Waals surface area contributed by atoms with E-state index in [1.807, 2.05) is 56.3 Å². The Labute approximate surface area is 159 Å². The highest BCUT2D eigenvalue weighted by Crippen LogP contribution is 2.28. The zero-order valence-corrected chi connectivity index (χ0v) is 16.0. The molecule has 2 N–H and O–H groups in total. The van der Waals surface area contributed by atoms with Crippen molar-refractivity contribution >= 4 is 23.0 Å². The van der Waals surface area contributed by atoms with Gasteiger partial charge in [-0.25, -0.2) is 0 Å². The van der Waals surface area contributed by atoms with Gasteiger partial charge in [0.2, 0.25) is 0 Å². The van der Waals surface area contributed by atoms with E-state index in [9.17, 15) is 0 Å². The number of hydrogen-bond donors (Lipinski definition) is 2. The second-order valence-corrected chi connectivity index (χ2v) is 6.40. The Hall–Kier alpha value is -2.78. The summed E-state index contributed by atoms with van der Waals surface area (Å²) in [4.78, 5) is 0. The predicted molar refractivity (Wildman–Crippen MR) is 108 cm³/mol. The van der Waals surface area contributed by atoms with E-state index in [0.717, 1.165) is 22.6 Å². The van der Waals surface area contributed by atoms with Crippen LogP contribution in [-0.2, 0) is 13.0 Å². The van der Waals surface area contributed by atoms with Crippen molar-refractivity contribution in [3.63, 3.8) is 0 Å². The maximum Gasteiger partial charge on any atom is 0.171 e. The molecule has 0 heterocycles. The molecule has 0 fully saturated rings. The fraction of sp³-hybridized carbons (Fsp3) is 0.300. The highest BCUT2D eigenvalue weighted by Gasteiger charge is 2.08. The molecule has 0 aliphatic heterocycles. The summed E-state index contributed by atoms with van der Waals surface area (Å²) >= 11 is 5.33. The molecule has 0 bridgehead atoms. The predicted octanol–water partition coefficient (Wildman–Crippen LogP) is 4.04. The van der Waals surface area contributed by atoms with Crippen LogP contribution in [0.2, 0.25) is 0 Å². The number of benzene rings is 2. The first-order chi connectivity index (χ1) is 12.5. The van der Waals surface area contributed by atoms with Crippen LogP contribution in [0.15, 0.2) is 42.5 Å². The van der Waals surface area contributed by atoms with Crippen LogP contribution in [0.25, 0.3) is 0 Å². The zero-order valence-electron chi connectivity index (χ0n) is 15.2. The lowest BCUT2D eigenvalue weighted by atomic mass is 10.1. The fourth-order valence-electron chi connectivity index (χ4n) is 2.33. The van der Waals surface area contributed by atoms with Gasteiger partial charge in [0.05, 0.1) is 25.7 Å². The summed E-state index contributed by atoms with van der Waals surface area (Å²) in [6.45, 7) is 4.52. The molecule has 0 aliphatic rings. The maximum absolute atomic E-state index is 8.70. The van der Waals surface area contributed by atoms with Crippen LogP contribution in [0.1, 0.15) is 25.0 Å². The van der Waals surface area contributed by atoms with Gasteiger partial charge >= 0.3 is 0 Å². The van der Waals surface area contributed by atoms with Gasteiger partial charge in [0, 0.05) is 12.2 Å². The van der Waals surface area contributed by atoms with Gasteiger partial charge in [-0.15, -0.1) is 0 Å². The first kappa shape index (κ1) is 19.5. The molecule has 0 unspecified atom stereocenters. The molecule has 5 nitrogen and oxygen atoms in total. The summed E-state index contributed by atoms with van der Waals surface area (Å²) in [5, 5.41) is 15.5. The molecule has 2 aromatic rings. The Morgan fingerprint density at radius 2 is 1.81 bits per heavy atom. The first-order valence-corrected chi connectivity index (χ1v) is 8.77. The van der Waals surface area contributed by atoms with Crippen molar-refractivity contribution in [2.75, 3.05) is 12.4 Å². The van der Waals surface area contributed by atoms with E-state index in [1.54, 1.807) is 7.11 Å². The third-order valence-electron chi connectivity index (χ3n) is 3.54. The van der Waals surface area contributed by atoms with E-state index in [0.29, 0.717) is 23.8 Å². The van der Waals surface area contributed by atoms with Gasteiger partial charge in [-0.2, -0.15) is 5.26 Å². The van der Waals surface area contributed by atoms with E-state index < -0.39 is 0 Å². The largest absolute Gasteiger partial charge is 0.493 e. The molecule has 0 atom stereocenters. The van der Waals surface area contributed by atoms with Crippen molar-refractivity contribution in [3.8, 4) is 17.6 Å². The number of methoxy groups -OCH3 is 1. The van der Waals surface area contributed by atoms with Crippen LogP contribution in [0.3, 0.4) is 0 Å². The molecule has 26 heavy (non-hydrogen) atoms. The molecule has 2 aromatic carbocycles. The summed E-state index contributed by atoms with van der Waals surface area (Å²) in [5.41, 5.74) is 2.89. The summed E-state index contributed by atoms with van der Waals surface area (Å²) in [6.07, 6.45) is 0.491. The molecular formula is C20H23N3O2S. The van der Waals surface area contributed by atoms with Gasteiger partial charge in [-0.3, -0.25) is 0 Å². The van der Waals surface area contributed by atoms with E-state index in [2.05, 4.69) is 16.7 Å². The molecule has 0 aromatic heterocycles. The van der Waals surface area contributed by atoms with Gasteiger partial charge < -0.3 is 20.1 Å². The van der Waals surface area contributed by atoms with Crippen LogP contribution >= 0.6 is 12.2 Å². The molecule has 0 saturated carbocycles. The smallest absolute Gasteiger partial charge is 0.171 e. The van der Waals surface area contributed by atoms with E-state index in [1.165, 1.54) is 0 Å². The normalized spacial score (nSPS) is 10.1. The molecular weight excluding hydrogens is 346 g/mol. The molecule has 136 valence electrons. The molecule has 0 spiro atoms. The minimum Gasteiger partial charge on any atom is -0.493 e. The van der Waals surface area contributed by atoms with Crippen molar-refractivity contribution in [2.24, 2.45) is 0 Å². The Morgan fingerprint density at radius 1 is 1.12 bits per heavy atom. The molecule has 6 heteroatoms. The van der Waals surface area contributed by atoms with Gasteiger partial charge in [-0.05, 0) is 61.5 Å². The average Bonchev–Trinajstić information content (AvgIpc) is 2.62. The lowest BCUT2D eigenvalue weighted by molar-refractivity contribution is 0.230. The Kier molecular flexibility index (Phi) is 7.24. The summed E-state index contributed by atoms with van der Waals surface area (Å²) in [6, 6.07) is 15.6. The van der Waals surface area contributed by atoms with Crippen LogP contribution < -0.4 is 20.1 Å². The van der Waals surface area contributed by atoms with Crippen molar-refractivity contribution in [1.82, 2.24) is 5.32 Å². The van der Waals surface area contributed by atoms with Crippen LogP contribution in [-0.4, -0.2) is 18.3 Å². The van der Waals surface area contributed by atoms with Gasteiger partial charge in [0.15, 0.2) is 16.6 Å². The number of ether oxygens (including phenoxy) is 2. The maximum atomic E-state index is 8.70. The topological polar surface area (TPSA) is 66.3 Å². The third-order valence-corrected chi connectivity index (χ3v) is 3.79. The SMILES string of the molecule is COc1cc(CNC(=S)Nc2ccc(CC#N)cc2)ccc1OC(C)C. The zero-order chi connectivity index (χ0) is 18.9. The van der Waals surface area contributed by atoms with Crippen molar-refractivity contribution in [3.05, 3.63) is 53.6 Å². The monoisotopic (exact) mass is 369 g/mol. The van der Waals surface area contributed by atoms with Gasteiger partial charge in [0.1, 0.15) is 0 Å². The first-order valence-electron chi connectivity index (χ1n) is 8.36. The molecule has 0 radical (unpaired) electrons. The number of nitrogens with one attached hydrogen (secondary N) is 2. The summed E-state index contributed by atoms with van der Waals surface area (Å²) in [7, 11) is 1.63. The molecule has 0 amide bonds. The lowest BCUT2D eigenvalue weighted by Crippen LogP contribution is -2.27. The number of nitriles is 1. The van der Waals surface area contributed by atoms with Crippen molar-refractivity contribution in [2.45, 2.75) is 32.9 Å². The van der Waals surface area contributed by atoms with Crippen LogP contribution in [0, 0.1) is 11.3 Å². The quantitative estimate of drug-likeness (QED) is 0.718. The van der Waals surface area contributed by atoms with E-state index in [-0.39, 0.29) is 6.10 Å². The van der Waals surface area contributed by atoms with Crippen LogP contribution in [0.4, 0.5) is 5.69 Å². The minimum atomic E-state index is 0.0872. The number of anilines is 1. The highest BCUT2D eigenvalue weighted by atomic mass is 32.1. The standard InChI is InChI=1S/C20H23N3O2S/c1-14(2)25-18-9-6-16(12-19(18)24-3)13-22-20(26)23-17-7-4-15(5-8-17)10-11-21/h4-9,12,14H,10,13H2,1-3H3,(H2,22,23,26). The molecule has 0 aliphatic carbocycles.